The molecule has 0 radical (unpaired) electrons. The molecule has 0 aliphatic heterocycles. The number of imidazole rings is 1. The first kappa shape index (κ1) is 33.3. The topological polar surface area (TPSA) is 88.9 Å². The molecule has 1 aliphatic rings. The number of allylic oxidation sites excluding steroid dienone is 1. The van der Waals surface area contributed by atoms with Crippen LogP contribution in [0.2, 0.25) is 0 Å². The highest BCUT2D eigenvalue weighted by Gasteiger charge is 2.34. The molecule has 250 valence electrons. The van der Waals surface area contributed by atoms with Gasteiger partial charge in [0.05, 0.1) is 19.8 Å². The Morgan fingerprint density at radius 2 is 1.47 bits per heavy atom. The molecule has 0 N–H and O–H groups in total. The number of methoxy groups -OCH3 is 1. The van der Waals surface area contributed by atoms with Gasteiger partial charge in [0.1, 0.15) is 29.5 Å². The van der Waals surface area contributed by atoms with E-state index in [1.165, 1.54) is 0 Å². The van der Waals surface area contributed by atoms with Crippen LogP contribution in [0, 0.1) is 0 Å². The zero-order chi connectivity index (χ0) is 34.2. The first-order valence-corrected chi connectivity index (χ1v) is 16.6. The third-order valence-corrected chi connectivity index (χ3v) is 8.83. The van der Waals surface area contributed by atoms with Gasteiger partial charge in [-0.1, -0.05) is 117 Å². The molecule has 6 rings (SSSR count). The summed E-state index contributed by atoms with van der Waals surface area (Å²) in [7, 11) is 1.58. The van der Waals surface area contributed by atoms with Crippen molar-refractivity contribution in [2.75, 3.05) is 20.3 Å². The summed E-state index contributed by atoms with van der Waals surface area (Å²) in [5, 5.41) is 0. The second-order valence-electron chi connectivity index (χ2n) is 11.9. The Morgan fingerprint density at radius 3 is 2.16 bits per heavy atom. The van der Waals surface area contributed by atoms with Crippen LogP contribution in [0.4, 0.5) is 4.79 Å². The molecule has 8 nitrogen and oxygen atoms in total. The first-order valence-electron chi connectivity index (χ1n) is 16.6. The number of carbonyl (C=O) groups excluding carboxylic acids is 2. The van der Waals surface area contributed by atoms with Gasteiger partial charge in [0.25, 0.3) is 0 Å². The van der Waals surface area contributed by atoms with E-state index in [0.717, 1.165) is 40.7 Å². The van der Waals surface area contributed by atoms with Gasteiger partial charge in [-0.15, -0.1) is 0 Å². The standard InChI is InChI=1S/C41H40N2O6/c1-4-5-15-26-47-40(44)37(28(2)49-41(45)48-27-35-32-20-11-9-18-30(32)31-19-10-12-21-33(31)35)38(34-22-13-14-23-36(34)46-3)43-25-24-42-39(43)29-16-7-6-8-17-29/h6-14,16-25,35,38H,4-5,15,26-27H2,1-3H3. The maximum absolute atomic E-state index is 14.1. The van der Waals surface area contributed by atoms with E-state index >= 15 is 0 Å². The Hall–Kier alpha value is -5.63. The highest BCUT2D eigenvalue weighted by molar-refractivity contribution is 5.91. The van der Waals surface area contributed by atoms with E-state index in [9.17, 15) is 9.59 Å². The molecular weight excluding hydrogens is 616 g/mol. The maximum atomic E-state index is 14.1. The molecule has 4 aromatic carbocycles. The van der Waals surface area contributed by atoms with E-state index in [0.29, 0.717) is 23.6 Å². The third kappa shape index (κ3) is 7.14. The lowest BCUT2D eigenvalue weighted by molar-refractivity contribution is -0.139. The molecule has 0 amide bonds. The molecule has 5 aromatic rings. The molecule has 8 heteroatoms. The first-order chi connectivity index (χ1) is 24.0. The van der Waals surface area contributed by atoms with Crippen LogP contribution in [-0.2, 0) is 19.0 Å². The molecule has 1 unspecified atom stereocenters. The fourth-order valence-corrected chi connectivity index (χ4v) is 6.51. The minimum atomic E-state index is -0.914. The minimum Gasteiger partial charge on any atom is -0.496 e. The number of nitrogens with zero attached hydrogens (tertiary/aromatic N) is 2. The van der Waals surface area contributed by atoms with Crippen molar-refractivity contribution in [1.29, 1.82) is 0 Å². The van der Waals surface area contributed by atoms with Crippen molar-refractivity contribution < 1.29 is 28.5 Å². The van der Waals surface area contributed by atoms with E-state index in [4.69, 9.17) is 18.9 Å². The molecule has 1 heterocycles. The number of esters is 1. The average molecular weight is 657 g/mol. The Labute approximate surface area is 286 Å². The Morgan fingerprint density at radius 1 is 0.816 bits per heavy atom. The Balaban J connectivity index is 1.37. The zero-order valence-electron chi connectivity index (χ0n) is 28.0. The van der Waals surface area contributed by atoms with Crippen LogP contribution in [0.15, 0.2) is 127 Å². The van der Waals surface area contributed by atoms with Gasteiger partial charge in [0.2, 0.25) is 0 Å². The van der Waals surface area contributed by atoms with Gasteiger partial charge >= 0.3 is 12.1 Å². The summed E-state index contributed by atoms with van der Waals surface area (Å²) >= 11 is 0. The lowest BCUT2D eigenvalue weighted by Crippen LogP contribution is -2.25. The maximum Gasteiger partial charge on any atom is 0.513 e. The van der Waals surface area contributed by atoms with Gasteiger partial charge in [-0.3, -0.25) is 0 Å². The number of fused-ring (bicyclic) bond motifs is 3. The molecule has 0 fully saturated rings. The van der Waals surface area contributed by atoms with Gasteiger partial charge < -0.3 is 23.5 Å². The summed E-state index contributed by atoms with van der Waals surface area (Å²) in [6.07, 6.45) is 5.16. The highest BCUT2D eigenvalue weighted by atomic mass is 16.7. The van der Waals surface area contributed by atoms with Crippen molar-refractivity contribution in [1.82, 2.24) is 9.55 Å². The summed E-state index contributed by atoms with van der Waals surface area (Å²) in [4.78, 5) is 32.2. The summed E-state index contributed by atoms with van der Waals surface area (Å²) in [6.45, 7) is 3.97. The number of benzene rings is 4. The fourth-order valence-electron chi connectivity index (χ4n) is 6.51. The molecule has 1 aliphatic carbocycles. The molecule has 0 saturated carbocycles. The molecule has 1 aromatic heterocycles. The van der Waals surface area contributed by atoms with E-state index in [1.54, 1.807) is 26.4 Å². The Kier molecular flexibility index (Phi) is 10.5. The second kappa shape index (κ2) is 15.5. The highest BCUT2D eigenvalue weighted by Crippen LogP contribution is 2.45. The minimum absolute atomic E-state index is 0.0568. The zero-order valence-corrected chi connectivity index (χ0v) is 28.0. The lowest BCUT2D eigenvalue weighted by atomic mass is 9.95. The van der Waals surface area contributed by atoms with Crippen LogP contribution in [0.5, 0.6) is 5.75 Å². The molecular formula is C41H40N2O6. The van der Waals surface area contributed by atoms with Crippen molar-refractivity contribution >= 4 is 12.1 Å². The molecule has 49 heavy (non-hydrogen) atoms. The van der Waals surface area contributed by atoms with Crippen LogP contribution in [-0.4, -0.2) is 42.0 Å². The predicted molar refractivity (Wildman–Crippen MR) is 188 cm³/mol. The molecule has 0 spiro atoms. The van der Waals surface area contributed by atoms with Gasteiger partial charge in [-0.2, -0.15) is 0 Å². The van der Waals surface area contributed by atoms with Crippen LogP contribution in [0.25, 0.3) is 22.5 Å². The van der Waals surface area contributed by atoms with Crippen molar-refractivity contribution in [2.24, 2.45) is 0 Å². The number of hydrogen-bond acceptors (Lipinski definition) is 7. The molecule has 0 saturated heterocycles. The van der Waals surface area contributed by atoms with Crippen LogP contribution >= 0.6 is 0 Å². The average Bonchev–Trinajstić information content (AvgIpc) is 3.75. The number of para-hydroxylation sites is 1. The third-order valence-electron chi connectivity index (χ3n) is 8.83. The SMILES string of the molecule is CCCCCOC(=O)C(=C(C)OC(=O)OCC1c2ccccc2-c2ccccc21)C(c1ccccc1OC)n1ccnc1-c1ccccc1. The van der Waals surface area contributed by atoms with Crippen molar-refractivity contribution in [3.8, 4) is 28.3 Å². The van der Waals surface area contributed by atoms with E-state index in [-0.39, 0.29) is 30.5 Å². The number of ether oxygens (including phenoxy) is 4. The number of unbranched alkanes of at least 4 members (excludes halogenated alkanes) is 2. The summed E-state index contributed by atoms with van der Waals surface area (Å²) in [5.74, 6) is 0.463. The fraction of sp³-hybridized carbons (Fsp3) is 0.244. The van der Waals surface area contributed by atoms with Gasteiger partial charge in [-0.25, -0.2) is 14.6 Å². The van der Waals surface area contributed by atoms with Crippen LogP contribution < -0.4 is 4.74 Å². The van der Waals surface area contributed by atoms with E-state index < -0.39 is 18.2 Å². The largest absolute Gasteiger partial charge is 0.513 e. The van der Waals surface area contributed by atoms with Crippen molar-refractivity contribution in [2.45, 2.75) is 45.1 Å². The monoisotopic (exact) mass is 656 g/mol. The van der Waals surface area contributed by atoms with Crippen molar-refractivity contribution in [3.05, 3.63) is 144 Å². The normalized spacial score (nSPS) is 13.1. The van der Waals surface area contributed by atoms with Crippen LogP contribution in [0.1, 0.15) is 61.8 Å². The number of rotatable bonds is 13. The molecule has 0 bridgehead atoms. The summed E-state index contributed by atoms with van der Waals surface area (Å²) in [6, 6.07) is 32.5. The van der Waals surface area contributed by atoms with Gasteiger partial charge in [0, 0.05) is 29.4 Å². The molecule has 1 atom stereocenters. The van der Waals surface area contributed by atoms with E-state index in [2.05, 4.69) is 36.2 Å². The summed E-state index contributed by atoms with van der Waals surface area (Å²) < 4.78 is 25.1. The Bertz CT molecular complexity index is 1900. The smallest absolute Gasteiger partial charge is 0.496 e. The van der Waals surface area contributed by atoms with Crippen LogP contribution in [0.3, 0.4) is 0 Å². The van der Waals surface area contributed by atoms with Gasteiger partial charge in [0.15, 0.2) is 0 Å². The quantitative estimate of drug-likeness (QED) is 0.0541. The number of carbonyl (C=O) groups is 2. The second-order valence-corrected chi connectivity index (χ2v) is 11.9. The number of hydrogen-bond donors (Lipinski definition) is 0. The predicted octanol–water partition coefficient (Wildman–Crippen LogP) is 9.12. The van der Waals surface area contributed by atoms with Crippen molar-refractivity contribution in [3.63, 3.8) is 0 Å². The lowest BCUT2D eigenvalue weighted by Gasteiger charge is -2.26. The van der Waals surface area contributed by atoms with E-state index in [1.807, 2.05) is 83.4 Å². The van der Waals surface area contributed by atoms with Gasteiger partial charge in [-0.05, 0) is 41.7 Å². The summed E-state index contributed by atoms with van der Waals surface area (Å²) in [5.41, 5.74) is 6.06. The number of aromatic nitrogens is 2.